The maximum atomic E-state index is 12.5. The van der Waals surface area contributed by atoms with Crippen molar-refractivity contribution in [2.45, 2.75) is 78.1 Å². The summed E-state index contributed by atoms with van der Waals surface area (Å²) in [7, 11) is 1.37. The summed E-state index contributed by atoms with van der Waals surface area (Å²) in [6.45, 7) is 10.7. The van der Waals surface area contributed by atoms with Gasteiger partial charge in [0.2, 0.25) is 0 Å². The largest absolute Gasteiger partial charge is 0.405 e. The van der Waals surface area contributed by atoms with E-state index < -0.39 is 8.32 Å². The lowest BCUT2D eigenvalue weighted by Gasteiger charge is -2.33. The molecule has 0 aliphatic carbocycles. The van der Waals surface area contributed by atoms with Crippen molar-refractivity contribution in [2.24, 2.45) is 0 Å². The van der Waals surface area contributed by atoms with Gasteiger partial charge in [-0.15, -0.1) is 0 Å². The number of amides is 1. The standard InChI is InChI=1S/C17H35NO3Si/c1-8-22(9-2,10-3)21-16(17(19)18(6)20-7)14-12-11-13-15(4)5/h13,16H,8-12,14H2,1-7H3/t16-/m1/s1. The smallest absolute Gasteiger partial charge is 0.273 e. The Bertz CT molecular complexity index is 342. The Morgan fingerprint density at radius 2 is 1.73 bits per heavy atom. The molecule has 0 saturated carbocycles. The maximum Gasteiger partial charge on any atom is 0.273 e. The first kappa shape index (κ1) is 21.3. The summed E-state index contributed by atoms with van der Waals surface area (Å²) < 4.78 is 6.42. The van der Waals surface area contributed by atoms with E-state index in [0.717, 1.165) is 37.4 Å². The minimum absolute atomic E-state index is 0.0630. The van der Waals surface area contributed by atoms with Gasteiger partial charge in [0.25, 0.3) is 5.91 Å². The van der Waals surface area contributed by atoms with Crippen LogP contribution in [0.15, 0.2) is 11.6 Å². The predicted molar refractivity (Wildman–Crippen MR) is 95.1 cm³/mol. The van der Waals surface area contributed by atoms with Crippen LogP contribution in [0.5, 0.6) is 0 Å². The van der Waals surface area contributed by atoms with Crippen molar-refractivity contribution < 1.29 is 14.1 Å². The van der Waals surface area contributed by atoms with E-state index in [1.54, 1.807) is 7.05 Å². The van der Waals surface area contributed by atoms with Gasteiger partial charge < -0.3 is 4.43 Å². The van der Waals surface area contributed by atoms with Crippen molar-refractivity contribution in [3.8, 4) is 0 Å². The van der Waals surface area contributed by atoms with E-state index in [4.69, 9.17) is 9.26 Å². The lowest BCUT2D eigenvalue weighted by Crippen LogP contribution is -2.46. The highest BCUT2D eigenvalue weighted by Crippen LogP contribution is 2.25. The van der Waals surface area contributed by atoms with Gasteiger partial charge in [-0.2, -0.15) is 0 Å². The van der Waals surface area contributed by atoms with E-state index in [2.05, 4.69) is 40.7 Å². The molecule has 0 radical (unpaired) electrons. The van der Waals surface area contributed by atoms with Crippen LogP contribution in [0, 0.1) is 0 Å². The molecule has 22 heavy (non-hydrogen) atoms. The van der Waals surface area contributed by atoms with Crippen molar-refractivity contribution >= 4 is 14.2 Å². The molecule has 130 valence electrons. The summed E-state index contributed by atoms with van der Waals surface area (Å²) in [5.41, 5.74) is 1.32. The zero-order valence-electron chi connectivity index (χ0n) is 15.6. The topological polar surface area (TPSA) is 38.8 Å². The molecule has 0 fully saturated rings. The van der Waals surface area contributed by atoms with Crippen LogP contribution >= 0.6 is 0 Å². The highest BCUT2D eigenvalue weighted by atomic mass is 28.4. The molecule has 0 aliphatic heterocycles. The summed E-state index contributed by atoms with van der Waals surface area (Å²) in [6, 6.07) is 3.15. The Hall–Kier alpha value is -0.653. The van der Waals surface area contributed by atoms with Crippen LogP contribution in [0.2, 0.25) is 18.1 Å². The van der Waals surface area contributed by atoms with E-state index >= 15 is 0 Å². The third-order valence-corrected chi connectivity index (χ3v) is 9.06. The lowest BCUT2D eigenvalue weighted by molar-refractivity contribution is -0.177. The summed E-state index contributed by atoms with van der Waals surface area (Å²) in [5, 5.41) is 1.30. The first-order chi connectivity index (χ1) is 10.4. The van der Waals surface area contributed by atoms with Crippen molar-refractivity contribution in [3.63, 3.8) is 0 Å². The fourth-order valence-corrected chi connectivity index (χ4v) is 5.34. The zero-order chi connectivity index (χ0) is 17.2. The number of hydroxylamine groups is 2. The molecule has 0 aliphatic rings. The molecule has 0 aromatic rings. The second-order valence-corrected chi connectivity index (χ2v) is 10.8. The number of carbonyl (C=O) groups is 1. The Morgan fingerprint density at radius 1 is 1.18 bits per heavy atom. The average Bonchev–Trinajstić information content (AvgIpc) is 2.53. The third-order valence-electron chi connectivity index (χ3n) is 4.41. The van der Waals surface area contributed by atoms with E-state index in [1.807, 2.05) is 0 Å². The van der Waals surface area contributed by atoms with Gasteiger partial charge in [-0.25, -0.2) is 5.06 Å². The van der Waals surface area contributed by atoms with Gasteiger partial charge in [0.05, 0.1) is 7.11 Å². The fourth-order valence-electron chi connectivity index (χ4n) is 2.52. The molecule has 5 heteroatoms. The number of hydrogen-bond donors (Lipinski definition) is 0. The Labute approximate surface area is 137 Å². The molecule has 0 aromatic heterocycles. The molecule has 1 amide bonds. The first-order valence-corrected chi connectivity index (χ1v) is 11.0. The minimum atomic E-state index is -1.80. The molecule has 1 atom stereocenters. The average molecular weight is 330 g/mol. The van der Waals surface area contributed by atoms with Gasteiger partial charge in [-0.05, 0) is 51.2 Å². The van der Waals surface area contributed by atoms with Crippen LogP contribution in [-0.4, -0.2) is 39.5 Å². The number of carbonyl (C=O) groups excluding carboxylic acids is 1. The molecule has 0 N–H and O–H groups in total. The first-order valence-electron chi connectivity index (χ1n) is 8.48. The summed E-state index contributed by atoms with van der Waals surface area (Å²) >= 11 is 0. The summed E-state index contributed by atoms with van der Waals surface area (Å²) in [5.74, 6) is -0.0630. The minimum Gasteiger partial charge on any atom is -0.405 e. The van der Waals surface area contributed by atoms with Crippen LogP contribution in [0.4, 0.5) is 0 Å². The Balaban J connectivity index is 4.92. The summed E-state index contributed by atoms with van der Waals surface area (Å²) in [4.78, 5) is 17.6. The normalized spacial score (nSPS) is 12.9. The highest BCUT2D eigenvalue weighted by molar-refractivity contribution is 6.73. The van der Waals surface area contributed by atoms with Crippen LogP contribution in [0.3, 0.4) is 0 Å². The predicted octanol–water partition coefficient (Wildman–Crippen LogP) is 4.53. The molecule has 0 spiro atoms. The fraction of sp³-hybridized carbons (Fsp3) is 0.824. The van der Waals surface area contributed by atoms with E-state index in [9.17, 15) is 4.79 Å². The van der Waals surface area contributed by atoms with E-state index in [0.29, 0.717) is 0 Å². The number of hydrogen-bond acceptors (Lipinski definition) is 3. The van der Waals surface area contributed by atoms with Gasteiger partial charge in [0, 0.05) is 7.05 Å². The number of allylic oxidation sites excluding steroid dienone is 2. The van der Waals surface area contributed by atoms with Gasteiger partial charge in [0.1, 0.15) is 6.10 Å². The second-order valence-electron chi connectivity index (χ2n) is 6.08. The molecule has 0 unspecified atom stereocenters. The summed E-state index contributed by atoms with van der Waals surface area (Å²) in [6.07, 6.45) is 4.55. The van der Waals surface area contributed by atoms with Crippen molar-refractivity contribution in [1.29, 1.82) is 0 Å². The van der Waals surface area contributed by atoms with Gasteiger partial charge in [-0.3, -0.25) is 9.63 Å². The zero-order valence-corrected chi connectivity index (χ0v) is 16.6. The Kier molecular flexibility index (Phi) is 10.6. The van der Waals surface area contributed by atoms with Crippen LogP contribution in [0.1, 0.15) is 53.9 Å². The second kappa shape index (κ2) is 11.0. The molecule has 0 bridgehead atoms. The maximum absolute atomic E-state index is 12.5. The monoisotopic (exact) mass is 329 g/mol. The number of nitrogens with zero attached hydrogens (tertiary/aromatic N) is 1. The molecule has 0 rings (SSSR count). The quantitative estimate of drug-likeness (QED) is 0.242. The van der Waals surface area contributed by atoms with Crippen LogP contribution in [-0.2, 0) is 14.1 Å². The van der Waals surface area contributed by atoms with E-state index in [1.165, 1.54) is 17.7 Å². The van der Waals surface area contributed by atoms with Gasteiger partial charge in [0.15, 0.2) is 8.32 Å². The highest BCUT2D eigenvalue weighted by Gasteiger charge is 2.35. The molecular formula is C17H35NO3Si. The number of unbranched alkanes of at least 4 members (excludes halogenated alkanes) is 1. The third kappa shape index (κ3) is 7.07. The SMILES string of the molecule is CC[Si](CC)(CC)O[C@H](CCCC=C(C)C)C(=O)N(C)OC. The van der Waals surface area contributed by atoms with Crippen molar-refractivity contribution in [3.05, 3.63) is 11.6 Å². The van der Waals surface area contributed by atoms with Crippen LogP contribution < -0.4 is 0 Å². The lowest BCUT2D eigenvalue weighted by atomic mass is 10.1. The van der Waals surface area contributed by atoms with Gasteiger partial charge >= 0.3 is 0 Å². The number of likely N-dealkylation sites (N-methyl/N-ethyl adjacent to an activating group) is 1. The van der Waals surface area contributed by atoms with Crippen molar-refractivity contribution in [2.75, 3.05) is 14.2 Å². The molecule has 4 nitrogen and oxygen atoms in total. The van der Waals surface area contributed by atoms with Crippen LogP contribution in [0.25, 0.3) is 0 Å². The molecular weight excluding hydrogens is 294 g/mol. The van der Waals surface area contributed by atoms with Gasteiger partial charge in [-0.1, -0.05) is 32.4 Å². The number of rotatable bonds is 11. The molecule has 0 saturated heterocycles. The molecule has 0 heterocycles. The van der Waals surface area contributed by atoms with Crippen molar-refractivity contribution in [1.82, 2.24) is 5.06 Å². The Morgan fingerprint density at radius 3 is 2.14 bits per heavy atom. The molecule has 0 aromatic carbocycles. The van der Waals surface area contributed by atoms with E-state index in [-0.39, 0.29) is 12.0 Å².